The van der Waals surface area contributed by atoms with Gasteiger partial charge in [0.2, 0.25) is 16.8 Å². The lowest BCUT2D eigenvalue weighted by molar-refractivity contribution is 0.174. The summed E-state index contributed by atoms with van der Waals surface area (Å²) in [6.07, 6.45) is 1.01. The molecular weight excluding hydrogens is 382 g/mol. The Balaban J connectivity index is 1.88. The predicted octanol–water partition coefficient (Wildman–Crippen LogP) is 1.31. The van der Waals surface area contributed by atoms with Gasteiger partial charge in [0.15, 0.2) is 21.3 Å². The maximum Gasteiger partial charge on any atom is 0.244 e. The van der Waals surface area contributed by atoms with Gasteiger partial charge in [0.05, 0.1) is 12.0 Å². The predicted molar refractivity (Wildman–Crippen MR) is 92.7 cm³/mol. The van der Waals surface area contributed by atoms with Crippen LogP contribution in [0.5, 0.6) is 17.2 Å². The van der Waals surface area contributed by atoms with Crippen molar-refractivity contribution in [3.8, 4) is 17.2 Å². The lowest BCUT2D eigenvalue weighted by Crippen LogP contribution is -2.24. The van der Waals surface area contributed by atoms with Crippen LogP contribution in [-0.2, 0) is 26.4 Å². The zero-order valence-electron chi connectivity index (χ0n) is 14.1. The molecular formula is C16H17NO7S2. The van der Waals surface area contributed by atoms with Gasteiger partial charge in [-0.3, -0.25) is 0 Å². The van der Waals surface area contributed by atoms with Gasteiger partial charge in [0.25, 0.3) is 0 Å². The molecule has 0 amide bonds. The number of hydrogen-bond donors (Lipinski definition) is 1. The first-order valence-corrected chi connectivity index (χ1v) is 10.8. The minimum atomic E-state index is -4.01. The van der Waals surface area contributed by atoms with Crippen LogP contribution in [0.1, 0.15) is 5.56 Å². The van der Waals surface area contributed by atoms with E-state index in [4.69, 9.17) is 14.2 Å². The molecule has 10 heteroatoms. The van der Waals surface area contributed by atoms with Gasteiger partial charge in [-0.05, 0) is 35.9 Å². The van der Waals surface area contributed by atoms with E-state index < -0.39 is 19.9 Å². The van der Waals surface area contributed by atoms with Crippen LogP contribution >= 0.6 is 0 Å². The Labute approximate surface area is 151 Å². The Morgan fingerprint density at radius 2 is 1.77 bits per heavy atom. The number of ether oxygens (including phenoxy) is 3. The maximum atomic E-state index is 12.7. The molecule has 140 valence electrons. The van der Waals surface area contributed by atoms with Gasteiger partial charge in [-0.1, -0.05) is 6.07 Å². The highest BCUT2D eigenvalue weighted by Gasteiger charge is 2.23. The SMILES string of the molecule is COc1ccc(S(C)(=O)=O)cc1S(=O)(=O)NCc1ccc2c(c1)OCO2. The van der Waals surface area contributed by atoms with Crippen LogP contribution in [0, 0.1) is 0 Å². The van der Waals surface area contributed by atoms with Crippen molar-refractivity contribution in [2.24, 2.45) is 0 Å². The summed E-state index contributed by atoms with van der Waals surface area (Å²) in [6, 6.07) is 8.76. The fourth-order valence-electron chi connectivity index (χ4n) is 2.40. The molecule has 0 radical (unpaired) electrons. The van der Waals surface area contributed by atoms with Crippen molar-refractivity contribution in [3.05, 3.63) is 42.0 Å². The molecule has 0 unspecified atom stereocenters. The van der Waals surface area contributed by atoms with Crippen molar-refractivity contribution in [3.63, 3.8) is 0 Å². The van der Waals surface area contributed by atoms with Gasteiger partial charge < -0.3 is 14.2 Å². The van der Waals surface area contributed by atoms with E-state index in [2.05, 4.69) is 4.72 Å². The monoisotopic (exact) mass is 399 g/mol. The molecule has 1 aliphatic rings. The number of hydrogen-bond acceptors (Lipinski definition) is 7. The van der Waals surface area contributed by atoms with Gasteiger partial charge in [-0.25, -0.2) is 21.6 Å². The molecule has 0 saturated heterocycles. The van der Waals surface area contributed by atoms with Crippen molar-refractivity contribution >= 4 is 19.9 Å². The minimum absolute atomic E-state index is 0.00870. The van der Waals surface area contributed by atoms with Crippen molar-refractivity contribution in [2.75, 3.05) is 20.2 Å². The first kappa shape index (κ1) is 18.5. The zero-order chi connectivity index (χ0) is 18.9. The first-order chi connectivity index (χ1) is 12.2. The molecule has 2 aromatic rings. The third kappa shape index (κ3) is 3.76. The van der Waals surface area contributed by atoms with Gasteiger partial charge in [0, 0.05) is 12.8 Å². The number of sulfonamides is 1. The summed E-state index contributed by atoms with van der Waals surface area (Å²) in [6.45, 7) is 0.116. The third-order valence-electron chi connectivity index (χ3n) is 3.76. The minimum Gasteiger partial charge on any atom is -0.495 e. The molecule has 0 aliphatic carbocycles. The van der Waals surface area contributed by atoms with E-state index in [0.717, 1.165) is 12.3 Å². The summed E-state index contributed by atoms with van der Waals surface area (Å²) in [5.41, 5.74) is 0.663. The summed E-state index contributed by atoms with van der Waals surface area (Å²) in [4.78, 5) is -0.356. The third-order valence-corrected chi connectivity index (χ3v) is 6.29. The Hall–Kier alpha value is -2.30. The Morgan fingerprint density at radius 1 is 1.04 bits per heavy atom. The molecule has 0 fully saturated rings. The van der Waals surface area contributed by atoms with Crippen LogP contribution in [-0.4, -0.2) is 37.0 Å². The largest absolute Gasteiger partial charge is 0.495 e. The van der Waals surface area contributed by atoms with Crippen molar-refractivity contribution in [1.29, 1.82) is 0 Å². The zero-order valence-corrected chi connectivity index (χ0v) is 15.7. The Bertz CT molecular complexity index is 1050. The molecule has 26 heavy (non-hydrogen) atoms. The topological polar surface area (TPSA) is 108 Å². The summed E-state index contributed by atoms with van der Waals surface area (Å²) in [7, 11) is -6.26. The van der Waals surface area contributed by atoms with Crippen molar-refractivity contribution < 1.29 is 31.0 Å². The number of rotatable bonds is 6. The lowest BCUT2D eigenvalue weighted by Gasteiger charge is -2.12. The molecule has 0 bridgehead atoms. The molecule has 2 aromatic carbocycles. The molecule has 1 aliphatic heterocycles. The van der Waals surface area contributed by atoms with E-state index >= 15 is 0 Å². The van der Waals surface area contributed by atoms with Crippen molar-refractivity contribution in [1.82, 2.24) is 4.72 Å². The Morgan fingerprint density at radius 3 is 2.46 bits per heavy atom. The molecule has 0 atom stereocenters. The van der Waals surface area contributed by atoms with Crippen LogP contribution in [0.2, 0.25) is 0 Å². The van der Waals surface area contributed by atoms with Gasteiger partial charge in [-0.15, -0.1) is 0 Å². The highest BCUT2D eigenvalue weighted by molar-refractivity contribution is 7.91. The summed E-state index contributed by atoms with van der Waals surface area (Å²) < 4.78 is 66.7. The highest BCUT2D eigenvalue weighted by atomic mass is 32.2. The van der Waals surface area contributed by atoms with Gasteiger partial charge in [-0.2, -0.15) is 0 Å². The van der Waals surface area contributed by atoms with E-state index in [1.54, 1.807) is 18.2 Å². The molecule has 1 heterocycles. The fourth-order valence-corrected chi connectivity index (χ4v) is 4.34. The van der Waals surface area contributed by atoms with E-state index in [0.29, 0.717) is 17.1 Å². The fraction of sp³-hybridized carbons (Fsp3) is 0.250. The van der Waals surface area contributed by atoms with E-state index in [-0.39, 0.29) is 28.9 Å². The Kier molecular flexibility index (Phi) is 4.82. The molecule has 8 nitrogen and oxygen atoms in total. The molecule has 0 aromatic heterocycles. The number of nitrogens with one attached hydrogen (secondary N) is 1. The second-order valence-electron chi connectivity index (χ2n) is 5.60. The number of benzene rings is 2. The standard InChI is InChI=1S/C16H17NO7S2/c1-22-14-6-4-12(25(2,18)19)8-16(14)26(20,21)17-9-11-3-5-13-15(7-11)24-10-23-13/h3-8,17H,9-10H2,1-2H3. The highest BCUT2D eigenvalue weighted by Crippen LogP contribution is 2.33. The number of fused-ring (bicyclic) bond motifs is 1. The average molecular weight is 399 g/mol. The summed E-state index contributed by atoms with van der Waals surface area (Å²) >= 11 is 0. The first-order valence-electron chi connectivity index (χ1n) is 7.47. The van der Waals surface area contributed by atoms with Gasteiger partial charge >= 0.3 is 0 Å². The molecule has 0 saturated carbocycles. The number of sulfone groups is 1. The normalized spacial score (nSPS) is 13.6. The second-order valence-corrected chi connectivity index (χ2v) is 9.35. The molecule has 3 rings (SSSR count). The van der Waals surface area contributed by atoms with Crippen LogP contribution in [0.4, 0.5) is 0 Å². The van der Waals surface area contributed by atoms with Crippen LogP contribution in [0.25, 0.3) is 0 Å². The van der Waals surface area contributed by atoms with Crippen LogP contribution in [0.15, 0.2) is 46.2 Å². The maximum absolute atomic E-state index is 12.7. The number of methoxy groups -OCH3 is 1. The quantitative estimate of drug-likeness (QED) is 0.780. The van der Waals surface area contributed by atoms with Crippen molar-refractivity contribution in [2.45, 2.75) is 16.3 Å². The van der Waals surface area contributed by atoms with Crippen LogP contribution < -0.4 is 18.9 Å². The average Bonchev–Trinajstić information content (AvgIpc) is 3.06. The molecule has 1 N–H and O–H groups in total. The van der Waals surface area contributed by atoms with E-state index in [9.17, 15) is 16.8 Å². The van der Waals surface area contributed by atoms with Crippen LogP contribution in [0.3, 0.4) is 0 Å². The second kappa shape index (κ2) is 6.78. The van der Waals surface area contributed by atoms with E-state index in [1.165, 1.54) is 19.2 Å². The summed E-state index contributed by atoms with van der Waals surface area (Å²) in [5.74, 6) is 1.19. The van der Waals surface area contributed by atoms with E-state index in [1.807, 2.05) is 0 Å². The smallest absolute Gasteiger partial charge is 0.244 e. The summed E-state index contributed by atoms with van der Waals surface area (Å²) in [5, 5.41) is 0. The van der Waals surface area contributed by atoms with Gasteiger partial charge in [0.1, 0.15) is 10.6 Å². The molecule has 0 spiro atoms. The lowest BCUT2D eigenvalue weighted by atomic mass is 10.2.